The smallest absolute Gasteiger partial charge is 0.306 e. The van der Waals surface area contributed by atoms with Crippen molar-refractivity contribution < 1.29 is 38.2 Å². The summed E-state index contributed by atoms with van der Waals surface area (Å²) in [6.45, 7) is 4.56. The molecule has 2 atom stereocenters. The van der Waals surface area contributed by atoms with E-state index in [-0.39, 0.29) is 42.7 Å². The van der Waals surface area contributed by atoms with Crippen LogP contribution in [0.2, 0.25) is 0 Å². The summed E-state index contributed by atoms with van der Waals surface area (Å²) < 4.78 is 17.0. The Morgan fingerprint density at radius 2 is 1.09 bits per heavy atom. The van der Waals surface area contributed by atoms with Crippen molar-refractivity contribution in [3.8, 4) is 0 Å². The van der Waals surface area contributed by atoms with Crippen LogP contribution in [-0.4, -0.2) is 75.5 Å². The molecule has 0 saturated heterocycles. The van der Waals surface area contributed by atoms with Crippen LogP contribution in [-0.2, 0) is 28.6 Å². The number of hydrogen-bond acceptors (Lipinski definition) is 7. The maximum Gasteiger partial charge on any atom is 0.306 e. The van der Waals surface area contributed by atoms with Crippen LogP contribution in [0.25, 0.3) is 0 Å². The number of unbranched alkanes of at least 4 members (excludes halogenated alkanes) is 15. The van der Waals surface area contributed by atoms with Gasteiger partial charge in [-0.3, -0.25) is 9.59 Å². The average Bonchev–Trinajstić information content (AvgIpc) is 3.01. The van der Waals surface area contributed by atoms with Crippen LogP contribution in [0.1, 0.15) is 155 Å². The Balaban J connectivity index is 4.46. The van der Waals surface area contributed by atoms with Crippen molar-refractivity contribution in [2.45, 2.75) is 167 Å². The van der Waals surface area contributed by atoms with Gasteiger partial charge in [0.15, 0.2) is 6.10 Å². The molecule has 0 aromatic heterocycles. The van der Waals surface area contributed by atoms with E-state index in [1.54, 1.807) is 21.1 Å². The molecule has 0 aromatic carbocycles. The van der Waals surface area contributed by atoms with Gasteiger partial charge in [0.05, 0.1) is 40.3 Å². The monoisotopic (exact) mass is 666 g/mol. The van der Waals surface area contributed by atoms with Gasteiger partial charge in [0.2, 0.25) is 0 Å². The third-order valence-corrected chi connectivity index (χ3v) is 8.31. The van der Waals surface area contributed by atoms with Gasteiger partial charge in [-0.15, -0.1) is 0 Å². The Morgan fingerprint density at radius 1 is 0.617 bits per heavy atom. The summed E-state index contributed by atoms with van der Waals surface area (Å²) in [6, 6.07) is -0.724. The summed E-state index contributed by atoms with van der Waals surface area (Å²) in [5.74, 6) is -1.76. The number of esters is 2. The van der Waals surface area contributed by atoms with E-state index in [9.17, 15) is 19.5 Å². The normalized spacial score (nSPS) is 13.3. The van der Waals surface area contributed by atoms with Gasteiger partial charge in [0.25, 0.3) is 0 Å². The minimum absolute atomic E-state index is 0.0365. The van der Waals surface area contributed by atoms with Crippen molar-refractivity contribution >= 4 is 17.9 Å². The Hall–Kier alpha value is -2.19. The first-order valence-corrected chi connectivity index (χ1v) is 18.9. The number of carbonyl (C=O) groups is 3. The molecule has 0 radical (unpaired) electrons. The first-order valence-electron chi connectivity index (χ1n) is 18.9. The third-order valence-electron chi connectivity index (χ3n) is 8.31. The molecule has 47 heavy (non-hydrogen) atoms. The number of carboxylic acids is 1. The lowest BCUT2D eigenvalue weighted by atomic mass is 10.1. The second-order valence-corrected chi connectivity index (χ2v) is 13.8. The predicted molar refractivity (Wildman–Crippen MR) is 190 cm³/mol. The van der Waals surface area contributed by atoms with E-state index in [4.69, 9.17) is 14.2 Å². The number of carbonyl (C=O) groups excluding carboxylic acids is 3. The van der Waals surface area contributed by atoms with Crippen LogP contribution >= 0.6 is 0 Å². The van der Waals surface area contributed by atoms with Crippen LogP contribution in [0.4, 0.5) is 0 Å². The van der Waals surface area contributed by atoms with Crippen molar-refractivity contribution in [3.63, 3.8) is 0 Å². The summed E-state index contributed by atoms with van der Waals surface area (Å²) >= 11 is 0. The topological polar surface area (TPSA) is 102 Å². The number of allylic oxidation sites excluding steroid dienone is 4. The van der Waals surface area contributed by atoms with Crippen LogP contribution in [0.3, 0.4) is 0 Å². The summed E-state index contributed by atoms with van der Waals surface area (Å²) in [6.07, 6.45) is 30.5. The third kappa shape index (κ3) is 29.7. The molecule has 0 fully saturated rings. The molecule has 0 heterocycles. The quantitative estimate of drug-likeness (QED) is 0.0303. The highest BCUT2D eigenvalue weighted by molar-refractivity contribution is 5.70. The highest BCUT2D eigenvalue weighted by Crippen LogP contribution is 2.12. The minimum atomic E-state index is -1.13. The highest BCUT2D eigenvalue weighted by Gasteiger charge is 2.25. The van der Waals surface area contributed by atoms with Gasteiger partial charge in [-0.2, -0.15) is 0 Å². The number of quaternary nitrogens is 1. The lowest BCUT2D eigenvalue weighted by Crippen LogP contribution is -2.55. The molecule has 0 saturated carbocycles. The fourth-order valence-electron chi connectivity index (χ4n) is 5.28. The maximum absolute atomic E-state index is 12.6. The minimum Gasteiger partial charge on any atom is -0.544 e. The van der Waals surface area contributed by atoms with Crippen molar-refractivity contribution in [1.29, 1.82) is 0 Å². The zero-order chi connectivity index (χ0) is 35.0. The second-order valence-electron chi connectivity index (χ2n) is 13.8. The largest absolute Gasteiger partial charge is 0.544 e. The molecule has 0 bridgehead atoms. The average molecular weight is 666 g/mol. The predicted octanol–water partition coefficient (Wildman–Crippen LogP) is 8.02. The van der Waals surface area contributed by atoms with Gasteiger partial charge in [-0.1, -0.05) is 102 Å². The Bertz CT molecular complexity index is 834. The lowest BCUT2D eigenvalue weighted by Gasteiger charge is -2.34. The number of hydrogen-bond donors (Lipinski definition) is 0. The molecule has 8 heteroatoms. The number of likely N-dealkylation sites (N-methyl/N-ethyl adjacent to an activating group) is 1. The summed E-state index contributed by atoms with van der Waals surface area (Å²) in [5, 5.41) is 11.6. The van der Waals surface area contributed by atoms with Gasteiger partial charge in [0, 0.05) is 19.3 Å². The van der Waals surface area contributed by atoms with Gasteiger partial charge in [-0.05, 0) is 57.8 Å². The van der Waals surface area contributed by atoms with Gasteiger partial charge >= 0.3 is 11.9 Å². The fourth-order valence-corrected chi connectivity index (χ4v) is 5.28. The molecule has 0 aromatic rings. The number of rotatable bonds is 33. The van der Waals surface area contributed by atoms with Crippen LogP contribution in [0, 0.1) is 0 Å². The van der Waals surface area contributed by atoms with E-state index >= 15 is 0 Å². The van der Waals surface area contributed by atoms with Gasteiger partial charge < -0.3 is 28.6 Å². The molecule has 0 N–H and O–H groups in total. The molecule has 0 spiro atoms. The molecule has 8 nitrogen and oxygen atoms in total. The van der Waals surface area contributed by atoms with E-state index in [1.165, 1.54) is 51.4 Å². The summed E-state index contributed by atoms with van der Waals surface area (Å²) in [4.78, 5) is 36.6. The van der Waals surface area contributed by atoms with Crippen LogP contribution in [0.5, 0.6) is 0 Å². The molecule has 0 aliphatic heterocycles. The van der Waals surface area contributed by atoms with Crippen LogP contribution < -0.4 is 5.11 Å². The number of ether oxygens (including phenoxy) is 3. The molecule has 0 amide bonds. The molecule has 0 aliphatic rings. The Morgan fingerprint density at radius 3 is 1.60 bits per heavy atom. The zero-order valence-corrected chi connectivity index (χ0v) is 30.9. The number of aliphatic carboxylic acids is 1. The summed E-state index contributed by atoms with van der Waals surface area (Å²) in [5.41, 5.74) is 0. The SMILES string of the molecule is CCCC/C=C/CCCCCCCC(=O)OC(COCCC(C(=O)[O-])[N+](C)(C)C)COC(=O)CCCCCCC/C=C/CCCCC. The molecule has 2 unspecified atom stereocenters. The van der Waals surface area contributed by atoms with E-state index in [1.807, 2.05) is 0 Å². The van der Waals surface area contributed by atoms with E-state index in [2.05, 4.69) is 38.2 Å². The standard InChI is InChI=1S/C39H71NO7/c1-6-8-10-12-14-16-18-20-21-23-25-27-29-37(41)46-34-35(33-45-32-31-36(39(43)44)40(3,4)5)47-38(42)30-28-26-24-22-19-17-15-13-11-9-7-2/h13-16,35-36H,6-12,17-34H2,1-5H3/b15-13+,16-14+. The first-order chi connectivity index (χ1) is 22.6. The van der Waals surface area contributed by atoms with E-state index in [0.717, 1.165) is 70.6 Å². The first kappa shape index (κ1) is 44.8. The molecule has 274 valence electrons. The molecular formula is C39H71NO7. The number of nitrogens with zero attached hydrogens (tertiary/aromatic N) is 1. The molecule has 0 aliphatic carbocycles. The highest BCUT2D eigenvalue weighted by atomic mass is 16.6. The van der Waals surface area contributed by atoms with Crippen LogP contribution in [0.15, 0.2) is 24.3 Å². The lowest BCUT2D eigenvalue weighted by molar-refractivity contribution is -0.889. The van der Waals surface area contributed by atoms with Gasteiger partial charge in [0.1, 0.15) is 12.6 Å². The van der Waals surface area contributed by atoms with Crippen molar-refractivity contribution in [2.75, 3.05) is 41.0 Å². The van der Waals surface area contributed by atoms with E-state index in [0.29, 0.717) is 12.8 Å². The zero-order valence-electron chi connectivity index (χ0n) is 30.9. The Kier molecular flexibility index (Phi) is 29.7. The van der Waals surface area contributed by atoms with E-state index < -0.39 is 18.1 Å². The molecular weight excluding hydrogens is 594 g/mol. The maximum atomic E-state index is 12.6. The van der Waals surface area contributed by atoms with Crippen molar-refractivity contribution in [1.82, 2.24) is 0 Å². The van der Waals surface area contributed by atoms with Gasteiger partial charge in [-0.25, -0.2) is 0 Å². The number of carboxylic acid groups (broad SMARTS) is 1. The molecule has 0 rings (SSSR count). The van der Waals surface area contributed by atoms with Crippen molar-refractivity contribution in [2.24, 2.45) is 0 Å². The van der Waals surface area contributed by atoms with Crippen molar-refractivity contribution in [3.05, 3.63) is 24.3 Å². The Labute approximate surface area is 288 Å². The second kappa shape index (κ2) is 31.1. The fraction of sp³-hybridized carbons (Fsp3) is 0.821. The summed E-state index contributed by atoms with van der Waals surface area (Å²) in [7, 11) is 5.39.